The lowest BCUT2D eigenvalue weighted by Crippen LogP contribution is -2.56. The molecule has 1 aliphatic rings. The molecule has 0 saturated carbocycles. The van der Waals surface area contributed by atoms with E-state index < -0.39 is 6.09 Å². The zero-order chi connectivity index (χ0) is 6.85. The zero-order valence-corrected chi connectivity index (χ0v) is 4.91. The van der Waals surface area contributed by atoms with Crippen LogP contribution in [0.15, 0.2) is 0 Å². The lowest BCUT2D eigenvalue weighted by Gasteiger charge is -2.33. The Bertz CT molecular complexity index is 121. The van der Waals surface area contributed by atoms with E-state index in [2.05, 4.69) is 4.74 Å². The van der Waals surface area contributed by atoms with Crippen molar-refractivity contribution in [3.8, 4) is 0 Å². The normalized spacial score (nSPS) is 21.0. The van der Waals surface area contributed by atoms with E-state index in [4.69, 9.17) is 11.6 Å². The maximum atomic E-state index is 10.0. The third-order valence-corrected chi connectivity index (χ3v) is 1.16. The van der Waals surface area contributed by atoms with Gasteiger partial charge in [0.05, 0.1) is 13.1 Å². The van der Waals surface area contributed by atoms with Gasteiger partial charge in [-0.3, -0.25) is 5.84 Å². The summed E-state index contributed by atoms with van der Waals surface area (Å²) in [5.74, 6) is 5.25. The molecule has 0 atom stereocenters. The Kier molecular flexibility index (Phi) is 1.54. The molecule has 0 spiro atoms. The van der Waals surface area contributed by atoms with E-state index in [1.807, 2.05) is 0 Å². The lowest BCUT2D eigenvalue weighted by molar-refractivity contribution is -0.00979. The SMILES string of the molecule is NC(=O)OC1CN(N)C1. The number of rotatable bonds is 1. The first-order valence-corrected chi connectivity index (χ1v) is 2.64. The smallest absolute Gasteiger partial charge is 0.404 e. The van der Waals surface area contributed by atoms with Crippen molar-refractivity contribution in [2.45, 2.75) is 6.10 Å². The van der Waals surface area contributed by atoms with Gasteiger partial charge in [0.15, 0.2) is 0 Å². The van der Waals surface area contributed by atoms with Crippen molar-refractivity contribution in [1.29, 1.82) is 0 Å². The molecule has 0 aromatic rings. The summed E-state index contributed by atoms with van der Waals surface area (Å²) in [7, 11) is 0. The molecule has 9 heavy (non-hydrogen) atoms. The number of ether oxygens (including phenoxy) is 1. The van der Waals surface area contributed by atoms with Crippen LogP contribution in [0.25, 0.3) is 0 Å². The van der Waals surface area contributed by atoms with Crippen LogP contribution < -0.4 is 11.6 Å². The van der Waals surface area contributed by atoms with Crippen molar-refractivity contribution in [3.63, 3.8) is 0 Å². The Hall–Kier alpha value is -0.810. The number of hydrogen-bond acceptors (Lipinski definition) is 4. The van der Waals surface area contributed by atoms with Gasteiger partial charge in [-0.15, -0.1) is 0 Å². The van der Waals surface area contributed by atoms with Crippen LogP contribution in [0.3, 0.4) is 0 Å². The summed E-state index contributed by atoms with van der Waals surface area (Å²) in [6.07, 6.45) is -0.819. The fraction of sp³-hybridized carbons (Fsp3) is 0.750. The van der Waals surface area contributed by atoms with E-state index in [1.165, 1.54) is 0 Å². The number of nitrogens with zero attached hydrogens (tertiary/aromatic N) is 1. The number of nitrogens with two attached hydrogens (primary N) is 2. The quantitative estimate of drug-likeness (QED) is 0.430. The van der Waals surface area contributed by atoms with Crippen LogP contribution in [-0.4, -0.2) is 30.3 Å². The first kappa shape index (κ1) is 6.31. The van der Waals surface area contributed by atoms with Crippen LogP contribution in [0.2, 0.25) is 0 Å². The molecule has 1 heterocycles. The summed E-state index contributed by atoms with van der Waals surface area (Å²) in [4.78, 5) is 10.0. The highest BCUT2D eigenvalue weighted by Gasteiger charge is 2.26. The molecule has 0 bridgehead atoms. The molecule has 1 fully saturated rings. The van der Waals surface area contributed by atoms with E-state index >= 15 is 0 Å². The van der Waals surface area contributed by atoms with Gasteiger partial charge in [0, 0.05) is 0 Å². The van der Waals surface area contributed by atoms with Crippen molar-refractivity contribution in [2.75, 3.05) is 13.1 Å². The van der Waals surface area contributed by atoms with Crippen LogP contribution in [0.4, 0.5) is 4.79 Å². The molecular formula is C4H9N3O2. The fourth-order valence-corrected chi connectivity index (χ4v) is 0.708. The molecule has 0 unspecified atom stereocenters. The second kappa shape index (κ2) is 2.20. The molecule has 5 heteroatoms. The molecule has 5 nitrogen and oxygen atoms in total. The van der Waals surface area contributed by atoms with Crippen molar-refractivity contribution < 1.29 is 9.53 Å². The largest absolute Gasteiger partial charge is 0.444 e. The Morgan fingerprint density at radius 3 is 2.56 bits per heavy atom. The number of primary amides is 1. The summed E-state index contributed by atoms with van der Waals surface area (Å²) in [6.45, 7) is 1.17. The Morgan fingerprint density at radius 2 is 2.22 bits per heavy atom. The number of hydrogen-bond donors (Lipinski definition) is 2. The molecule has 1 aliphatic heterocycles. The topological polar surface area (TPSA) is 81.6 Å². The van der Waals surface area contributed by atoms with E-state index in [0.29, 0.717) is 13.1 Å². The Balaban J connectivity index is 2.11. The average molecular weight is 131 g/mol. The van der Waals surface area contributed by atoms with Gasteiger partial charge in [0.25, 0.3) is 0 Å². The van der Waals surface area contributed by atoms with Gasteiger partial charge in [0.1, 0.15) is 6.10 Å². The summed E-state index contributed by atoms with van der Waals surface area (Å²) in [6, 6.07) is 0. The average Bonchev–Trinajstić information content (AvgIpc) is 1.60. The van der Waals surface area contributed by atoms with Crippen LogP contribution in [0, 0.1) is 0 Å². The Morgan fingerprint density at radius 1 is 1.67 bits per heavy atom. The van der Waals surface area contributed by atoms with E-state index in [-0.39, 0.29) is 6.10 Å². The lowest BCUT2D eigenvalue weighted by atomic mass is 10.2. The highest BCUT2D eigenvalue weighted by molar-refractivity contribution is 5.64. The molecule has 1 rings (SSSR count). The highest BCUT2D eigenvalue weighted by Crippen LogP contribution is 2.05. The number of carbonyl (C=O) groups excluding carboxylic acids is 1. The van der Waals surface area contributed by atoms with E-state index in [9.17, 15) is 4.79 Å². The van der Waals surface area contributed by atoms with Gasteiger partial charge in [-0.25, -0.2) is 9.80 Å². The Labute approximate surface area is 52.5 Å². The van der Waals surface area contributed by atoms with Crippen molar-refractivity contribution in [3.05, 3.63) is 0 Å². The fourth-order valence-electron chi connectivity index (χ4n) is 0.708. The molecule has 0 aromatic carbocycles. The van der Waals surface area contributed by atoms with Crippen LogP contribution in [0.1, 0.15) is 0 Å². The van der Waals surface area contributed by atoms with Crippen molar-refractivity contribution >= 4 is 6.09 Å². The zero-order valence-electron chi connectivity index (χ0n) is 4.91. The number of hydrazine groups is 1. The summed E-state index contributed by atoms with van der Waals surface area (Å²) >= 11 is 0. The predicted octanol–water partition coefficient (Wildman–Crippen LogP) is -1.36. The van der Waals surface area contributed by atoms with Gasteiger partial charge in [0.2, 0.25) is 0 Å². The molecule has 1 saturated heterocycles. The second-order valence-corrected chi connectivity index (χ2v) is 2.01. The molecule has 52 valence electrons. The molecular weight excluding hydrogens is 122 g/mol. The summed E-state index contributed by atoms with van der Waals surface area (Å²) in [5.41, 5.74) is 4.73. The minimum atomic E-state index is -0.729. The first-order chi connectivity index (χ1) is 4.18. The molecule has 4 N–H and O–H groups in total. The maximum Gasteiger partial charge on any atom is 0.404 e. The molecule has 0 radical (unpaired) electrons. The van der Waals surface area contributed by atoms with Crippen LogP contribution in [0.5, 0.6) is 0 Å². The summed E-state index contributed by atoms with van der Waals surface area (Å²) in [5, 5.41) is 1.55. The monoisotopic (exact) mass is 131 g/mol. The van der Waals surface area contributed by atoms with Crippen molar-refractivity contribution in [2.24, 2.45) is 11.6 Å². The van der Waals surface area contributed by atoms with E-state index in [1.54, 1.807) is 5.01 Å². The van der Waals surface area contributed by atoms with Gasteiger partial charge in [-0.05, 0) is 0 Å². The molecule has 0 aliphatic carbocycles. The van der Waals surface area contributed by atoms with Crippen LogP contribution >= 0.6 is 0 Å². The summed E-state index contributed by atoms with van der Waals surface area (Å²) < 4.78 is 4.57. The minimum Gasteiger partial charge on any atom is -0.444 e. The third kappa shape index (κ3) is 1.55. The minimum absolute atomic E-state index is 0.0903. The molecule has 0 aromatic heterocycles. The second-order valence-electron chi connectivity index (χ2n) is 2.01. The first-order valence-electron chi connectivity index (χ1n) is 2.64. The maximum absolute atomic E-state index is 10.0. The molecule has 1 amide bonds. The standard InChI is InChI=1S/C4H9N3O2/c5-4(8)9-3-1-7(6)2-3/h3H,1-2,6H2,(H2,5,8). The van der Waals surface area contributed by atoms with Crippen LogP contribution in [-0.2, 0) is 4.74 Å². The predicted molar refractivity (Wildman–Crippen MR) is 30.2 cm³/mol. The number of amides is 1. The third-order valence-electron chi connectivity index (χ3n) is 1.16. The van der Waals surface area contributed by atoms with Gasteiger partial charge in [-0.2, -0.15) is 0 Å². The number of carbonyl (C=O) groups is 1. The van der Waals surface area contributed by atoms with Crippen molar-refractivity contribution in [1.82, 2.24) is 5.01 Å². The highest BCUT2D eigenvalue weighted by atomic mass is 16.6. The van der Waals surface area contributed by atoms with E-state index in [0.717, 1.165) is 0 Å². The van der Waals surface area contributed by atoms with Gasteiger partial charge < -0.3 is 10.5 Å². The van der Waals surface area contributed by atoms with Gasteiger partial charge >= 0.3 is 6.09 Å². The van der Waals surface area contributed by atoms with Gasteiger partial charge in [-0.1, -0.05) is 0 Å².